The fourth-order valence-corrected chi connectivity index (χ4v) is 2.03. The third-order valence-corrected chi connectivity index (χ3v) is 2.91. The minimum Gasteiger partial charge on any atom is -0.392 e. The van der Waals surface area contributed by atoms with Crippen LogP contribution >= 0.6 is 0 Å². The van der Waals surface area contributed by atoms with Crippen molar-refractivity contribution in [2.75, 3.05) is 26.3 Å². The fraction of sp³-hybridized carbons (Fsp3) is 1.00. The Morgan fingerprint density at radius 2 is 2.45 bits per heavy atom. The van der Waals surface area contributed by atoms with E-state index in [2.05, 4.69) is 5.32 Å². The van der Waals surface area contributed by atoms with Gasteiger partial charge >= 0.3 is 0 Å². The van der Waals surface area contributed by atoms with E-state index in [9.17, 15) is 5.11 Å². The van der Waals surface area contributed by atoms with Gasteiger partial charge in [-0.15, -0.1) is 0 Å². The van der Waals surface area contributed by atoms with Crippen molar-refractivity contribution in [3.05, 3.63) is 0 Å². The summed E-state index contributed by atoms with van der Waals surface area (Å²) in [5.74, 6) is 0. The quantitative estimate of drug-likeness (QED) is 0.509. The molecule has 1 spiro atoms. The summed E-state index contributed by atoms with van der Waals surface area (Å²) >= 11 is 0. The van der Waals surface area contributed by atoms with Gasteiger partial charge in [-0.2, -0.15) is 0 Å². The third kappa shape index (κ3) is 1.17. The van der Waals surface area contributed by atoms with Crippen molar-refractivity contribution in [2.24, 2.45) is 5.41 Å². The molecule has 3 nitrogen and oxygen atoms in total. The number of piperidine rings is 1. The highest BCUT2D eigenvalue weighted by Crippen LogP contribution is 2.34. The first-order chi connectivity index (χ1) is 5.33. The summed E-state index contributed by atoms with van der Waals surface area (Å²) in [5.41, 5.74) is 0.0538. The average molecular weight is 157 g/mol. The molecule has 2 rings (SSSR count). The molecular weight excluding hydrogens is 142 g/mol. The first-order valence-corrected chi connectivity index (χ1v) is 4.30. The van der Waals surface area contributed by atoms with Gasteiger partial charge in [-0.05, 0) is 19.4 Å². The molecule has 2 N–H and O–H groups in total. The van der Waals surface area contributed by atoms with Gasteiger partial charge in [-0.1, -0.05) is 0 Å². The Hall–Kier alpha value is -0.120. The second-order valence-electron chi connectivity index (χ2n) is 3.65. The molecular formula is C8H15NO2. The summed E-state index contributed by atoms with van der Waals surface area (Å²) in [4.78, 5) is 0. The van der Waals surface area contributed by atoms with Crippen LogP contribution in [0.1, 0.15) is 12.8 Å². The summed E-state index contributed by atoms with van der Waals surface area (Å²) in [6, 6.07) is 0. The predicted molar refractivity (Wildman–Crippen MR) is 41.4 cm³/mol. The van der Waals surface area contributed by atoms with E-state index in [1.165, 1.54) is 0 Å². The molecule has 2 aliphatic rings. The Labute approximate surface area is 66.7 Å². The van der Waals surface area contributed by atoms with Crippen molar-refractivity contribution in [2.45, 2.75) is 18.9 Å². The average Bonchev–Trinajstić information content (AvgIpc) is 2.46. The van der Waals surface area contributed by atoms with Gasteiger partial charge in [0.2, 0.25) is 0 Å². The molecule has 2 atom stereocenters. The molecule has 0 saturated carbocycles. The largest absolute Gasteiger partial charge is 0.392 e. The monoisotopic (exact) mass is 157 g/mol. The summed E-state index contributed by atoms with van der Waals surface area (Å²) < 4.78 is 5.31. The maximum absolute atomic E-state index is 9.74. The highest BCUT2D eigenvalue weighted by molar-refractivity contribution is 4.94. The molecule has 0 aromatic carbocycles. The van der Waals surface area contributed by atoms with E-state index in [0.717, 1.165) is 39.1 Å². The molecule has 0 radical (unpaired) electrons. The van der Waals surface area contributed by atoms with Crippen molar-refractivity contribution in [3.63, 3.8) is 0 Å². The van der Waals surface area contributed by atoms with E-state index in [1.54, 1.807) is 0 Å². The summed E-state index contributed by atoms with van der Waals surface area (Å²) in [6.45, 7) is 3.43. The number of rotatable bonds is 0. The summed E-state index contributed by atoms with van der Waals surface area (Å²) in [7, 11) is 0. The smallest absolute Gasteiger partial charge is 0.0643 e. The third-order valence-electron chi connectivity index (χ3n) is 2.91. The molecule has 2 fully saturated rings. The molecule has 0 bridgehead atoms. The molecule has 11 heavy (non-hydrogen) atoms. The predicted octanol–water partition coefficient (Wildman–Crippen LogP) is -0.253. The molecule has 0 aromatic heterocycles. The molecule has 0 aromatic rings. The van der Waals surface area contributed by atoms with Crippen LogP contribution < -0.4 is 5.32 Å². The Bertz CT molecular complexity index is 143. The molecule has 0 amide bonds. The maximum atomic E-state index is 9.74. The van der Waals surface area contributed by atoms with E-state index < -0.39 is 0 Å². The fourth-order valence-electron chi connectivity index (χ4n) is 2.03. The normalized spacial score (nSPS) is 45.0. The zero-order valence-corrected chi connectivity index (χ0v) is 6.68. The Balaban J connectivity index is 2.07. The number of aliphatic hydroxyl groups excluding tert-OH is 1. The number of aliphatic hydroxyl groups is 1. The number of nitrogens with one attached hydrogen (secondary N) is 1. The van der Waals surface area contributed by atoms with E-state index in [1.807, 2.05) is 0 Å². The van der Waals surface area contributed by atoms with Crippen LogP contribution in [0.2, 0.25) is 0 Å². The van der Waals surface area contributed by atoms with Crippen molar-refractivity contribution < 1.29 is 9.84 Å². The zero-order valence-electron chi connectivity index (χ0n) is 6.68. The minimum atomic E-state index is -0.147. The van der Waals surface area contributed by atoms with Crippen LogP contribution in [0, 0.1) is 5.41 Å². The van der Waals surface area contributed by atoms with Crippen molar-refractivity contribution in [3.8, 4) is 0 Å². The van der Waals surface area contributed by atoms with Gasteiger partial charge in [0.25, 0.3) is 0 Å². The Kier molecular flexibility index (Phi) is 1.87. The van der Waals surface area contributed by atoms with Gasteiger partial charge in [0.05, 0.1) is 12.7 Å². The number of hydrogen-bond donors (Lipinski definition) is 2. The Morgan fingerprint density at radius 1 is 1.55 bits per heavy atom. The van der Waals surface area contributed by atoms with Gasteiger partial charge in [-0.25, -0.2) is 0 Å². The lowest BCUT2D eigenvalue weighted by Gasteiger charge is -2.37. The lowest BCUT2D eigenvalue weighted by molar-refractivity contribution is -0.00709. The van der Waals surface area contributed by atoms with Crippen LogP contribution in [-0.2, 0) is 4.74 Å². The van der Waals surface area contributed by atoms with E-state index >= 15 is 0 Å². The molecule has 3 heteroatoms. The molecule has 2 unspecified atom stereocenters. The summed E-state index contributed by atoms with van der Waals surface area (Å²) in [6.07, 6.45) is 1.75. The minimum absolute atomic E-state index is 0.0538. The van der Waals surface area contributed by atoms with Crippen LogP contribution in [0.3, 0.4) is 0 Å². The van der Waals surface area contributed by atoms with Gasteiger partial charge in [0.1, 0.15) is 0 Å². The zero-order chi connectivity index (χ0) is 7.73. The van der Waals surface area contributed by atoms with Crippen LogP contribution in [0.5, 0.6) is 0 Å². The van der Waals surface area contributed by atoms with E-state index in [-0.39, 0.29) is 11.5 Å². The van der Waals surface area contributed by atoms with E-state index in [0.29, 0.717) is 0 Å². The van der Waals surface area contributed by atoms with Crippen LogP contribution in [-0.4, -0.2) is 37.5 Å². The molecule has 2 saturated heterocycles. The standard InChI is InChI=1S/C8H15NO2/c10-7-1-3-9-5-8(7)2-4-11-6-8/h7,9-10H,1-6H2. The molecule has 0 aliphatic carbocycles. The lowest BCUT2D eigenvalue weighted by atomic mass is 9.78. The lowest BCUT2D eigenvalue weighted by Crippen LogP contribution is -2.50. The first-order valence-electron chi connectivity index (χ1n) is 4.30. The number of ether oxygens (including phenoxy) is 1. The van der Waals surface area contributed by atoms with Gasteiger partial charge in [0, 0.05) is 18.6 Å². The van der Waals surface area contributed by atoms with Gasteiger partial charge in [0.15, 0.2) is 0 Å². The number of hydrogen-bond acceptors (Lipinski definition) is 3. The Morgan fingerprint density at radius 3 is 3.09 bits per heavy atom. The van der Waals surface area contributed by atoms with Crippen LogP contribution in [0.4, 0.5) is 0 Å². The maximum Gasteiger partial charge on any atom is 0.0643 e. The second-order valence-corrected chi connectivity index (χ2v) is 3.65. The SMILES string of the molecule is OC1CCNCC12CCOC2. The van der Waals surface area contributed by atoms with Crippen molar-refractivity contribution in [1.29, 1.82) is 0 Å². The van der Waals surface area contributed by atoms with Crippen molar-refractivity contribution in [1.82, 2.24) is 5.32 Å². The van der Waals surface area contributed by atoms with Gasteiger partial charge < -0.3 is 15.2 Å². The molecule has 64 valence electrons. The van der Waals surface area contributed by atoms with Gasteiger partial charge in [-0.3, -0.25) is 0 Å². The highest BCUT2D eigenvalue weighted by atomic mass is 16.5. The molecule has 2 heterocycles. The summed E-state index contributed by atoms with van der Waals surface area (Å²) in [5, 5.41) is 13.0. The topological polar surface area (TPSA) is 41.5 Å². The molecule has 2 aliphatic heterocycles. The van der Waals surface area contributed by atoms with Crippen LogP contribution in [0.25, 0.3) is 0 Å². The van der Waals surface area contributed by atoms with E-state index in [4.69, 9.17) is 4.74 Å². The first kappa shape index (κ1) is 7.53. The second kappa shape index (κ2) is 2.73. The van der Waals surface area contributed by atoms with Crippen LogP contribution in [0.15, 0.2) is 0 Å². The van der Waals surface area contributed by atoms with Crippen molar-refractivity contribution >= 4 is 0 Å². The highest BCUT2D eigenvalue weighted by Gasteiger charge is 2.42.